The maximum atomic E-state index is 11.6. The fourth-order valence-electron chi connectivity index (χ4n) is 2.95. The molecule has 1 nitrogen and oxygen atoms in total. The highest BCUT2D eigenvalue weighted by atomic mass is 16.1. The maximum absolute atomic E-state index is 11.6. The number of carbonyl (C=O) groups is 1. The van der Waals surface area contributed by atoms with Crippen LogP contribution in [-0.4, -0.2) is 5.78 Å². The minimum Gasteiger partial charge on any atom is -0.299 e. The van der Waals surface area contributed by atoms with Gasteiger partial charge in [0.05, 0.1) is 0 Å². The predicted molar refractivity (Wildman–Crippen MR) is 44.3 cm³/mol. The van der Waals surface area contributed by atoms with E-state index >= 15 is 0 Å². The van der Waals surface area contributed by atoms with E-state index in [4.69, 9.17) is 0 Å². The number of fused-ring (bicyclic) bond motifs is 1. The van der Waals surface area contributed by atoms with Gasteiger partial charge in [0.2, 0.25) is 0 Å². The Labute approximate surface area is 68.2 Å². The van der Waals surface area contributed by atoms with E-state index in [0.29, 0.717) is 11.2 Å². The van der Waals surface area contributed by atoms with Crippen LogP contribution in [0.15, 0.2) is 0 Å². The zero-order valence-corrected chi connectivity index (χ0v) is 7.44. The first-order chi connectivity index (χ1) is 5.08. The molecule has 0 spiro atoms. The monoisotopic (exact) mass is 152 g/mol. The molecule has 0 N–H and O–H groups in total. The van der Waals surface area contributed by atoms with E-state index in [0.717, 1.165) is 19.3 Å². The summed E-state index contributed by atoms with van der Waals surface area (Å²) in [5, 5.41) is 0. The number of Topliss-reactive ketones (excluding diaryl/α,β-unsaturated/α-hetero) is 1. The van der Waals surface area contributed by atoms with Crippen LogP contribution < -0.4 is 0 Å². The van der Waals surface area contributed by atoms with Gasteiger partial charge in [0.1, 0.15) is 5.78 Å². The number of hydrogen-bond donors (Lipinski definition) is 0. The summed E-state index contributed by atoms with van der Waals surface area (Å²) >= 11 is 0. The fraction of sp³-hybridized carbons (Fsp3) is 0.900. The van der Waals surface area contributed by atoms with E-state index in [9.17, 15) is 4.79 Å². The molecule has 1 heteroatoms. The highest BCUT2D eigenvalue weighted by Crippen LogP contribution is 2.60. The summed E-state index contributed by atoms with van der Waals surface area (Å²) in [6.45, 7) is 4.47. The molecule has 0 radical (unpaired) electrons. The summed E-state index contributed by atoms with van der Waals surface area (Å²) in [5.41, 5.74) is 0.428. The quantitative estimate of drug-likeness (QED) is 0.521. The van der Waals surface area contributed by atoms with Crippen LogP contribution in [0, 0.1) is 10.8 Å². The Bertz CT molecular complexity index is 209. The molecule has 0 aromatic carbocycles. The number of hydrogen-bond acceptors (Lipinski definition) is 1. The Morgan fingerprint density at radius 3 is 2.55 bits per heavy atom. The van der Waals surface area contributed by atoms with Crippen molar-refractivity contribution in [3.8, 4) is 0 Å². The second-order valence-corrected chi connectivity index (χ2v) is 4.67. The number of ketones is 1. The van der Waals surface area contributed by atoms with Crippen LogP contribution in [0.5, 0.6) is 0 Å². The van der Waals surface area contributed by atoms with Crippen LogP contribution in [0.25, 0.3) is 0 Å². The average Bonchev–Trinajstić information content (AvgIpc) is 2.34. The highest BCUT2D eigenvalue weighted by molar-refractivity contribution is 5.88. The summed E-state index contributed by atoms with van der Waals surface area (Å²) in [6, 6.07) is 0. The van der Waals surface area contributed by atoms with E-state index in [-0.39, 0.29) is 5.41 Å². The Kier molecular flexibility index (Phi) is 1.25. The van der Waals surface area contributed by atoms with Crippen LogP contribution in [0.4, 0.5) is 0 Å². The van der Waals surface area contributed by atoms with Gasteiger partial charge in [-0.05, 0) is 24.7 Å². The van der Waals surface area contributed by atoms with Crippen molar-refractivity contribution in [2.24, 2.45) is 10.8 Å². The Hall–Kier alpha value is -0.330. The lowest BCUT2D eigenvalue weighted by Gasteiger charge is -2.32. The first kappa shape index (κ1) is 7.33. The minimum atomic E-state index is 0.0625. The lowest BCUT2D eigenvalue weighted by Crippen LogP contribution is -2.31. The molecule has 2 atom stereocenters. The van der Waals surface area contributed by atoms with Crippen molar-refractivity contribution in [3.63, 3.8) is 0 Å². The van der Waals surface area contributed by atoms with Gasteiger partial charge in [-0.2, -0.15) is 0 Å². The van der Waals surface area contributed by atoms with Crippen molar-refractivity contribution in [3.05, 3.63) is 0 Å². The van der Waals surface area contributed by atoms with Gasteiger partial charge in [-0.25, -0.2) is 0 Å². The topological polar surface area (TPSA) is 17.1 Å². The van der Waals surface area contributed by atoms with Crippen LogP contribution in [0.3, 0.4) is 0 Å². The molecule has 2 aliphatic carbocycles. The molecule has 0 aliphatic heterocycles. The van der Waals surface area contributed by atoms with Gasteiger partial charge >= 0.3 is 0 Å². The molecule has 0 saturated heterocycles. The zero-order chi connectivity index (χ0) is 8.11. The van der Waals surface area contributed by atoms with E-state index < -0.39 is 0 Å². The largest absolute Gasteiger partial charge is 0.299 e. The summed E-state index contributed by atoms with van der Waals surface area (Å²) < 4.78 is 0. The zero-order valence-electron chi connectivity index (χ0n) is 7.44. The molecule has 2 aliphatic rings. The molecule has 0 bridgehead atoms. The Morgan fingerprint density at radius 2 is 1.91 bits per heavy atom. The summed E-state index contributed by atoms with van der Waals surface area (Å²) in [4.78, 5) is 11.6. The van der Waals surface area contributed by atoms with Crippen molar-refractivity contribution in [2.75, 3.05) is 0 Å². The maximum Gasteiger partial charge on any atom is 0.139 e. The lowest BCUT2D eigenvalue weighted by atomic mass is 9.70. The SMILES string of the molecule is C[C@@]12CCC[C@@]1(C)C(=O)CC2. The summed E-state index contributed by atoms with van der Waals surface area (Å²) in [5.74, 6) is 0.525. The van der Waals surface area contributed by atoms with Gasteiger partial charge in [-0.1, -0.05) is 20.3 Å². The molecule has 62 valence electrons. The second kappa shape index (κ2) is 1.88. The van der Waals surface area contributed by atoms with E-state index in [1.807, 2.05) is 0 Å². The standard InChI is InChI=1S/C10H16O/c1-9-5-3-6-10(9,2)8(11)4-7-9/h3-7H2,1-2H3/t9-,10-/m0/s1. The van der Waals surface area contributed by atoms with Crippen molar-refractivity contribution in [1.29, 1.82) is 0 Å². The van der Waals surface area contributed by atoms with Crippen LogP contribution in [0.2, 0.25) is 0 Å². The van der Waals surface area contributed by atoms with Crippen molar-refractivity contribution in [1.82, 2.24) is 0 Å². The number of rotatable bonds is 0. The van der Waals surface area contributed by atoms with Crippen LogP contribution in [-0.2, 0) is 4.79 Å². The van der Waals surface area contributed by atoms with E-state index in [1.54, 1.807) is 0 Å². The van der Waals surface area contributed by atoms with Crippen molar-refractivity contribution < 1.29 is 4.79 Å². The molecule has 2 rings (SSSR count). The third-order valence-corrected chi connectivity index (χ3v) is 4.26. The Morgan fingerprint density at radius 1 is 1.18 bits per heavy atom. The van der Waals surface area contributed by atoms with Crippen LogP contribution >= 0.6 is 0 Å². The third-order valence-electron chi connectivity index (χ3n) is 4.26. The first-order valence-corrected chi connectivity index (χ1v) is 4.62. The van der Waals surface area contributed by atoms with Gasteiger partial charge in [-0.15, -0.1) is 0 Å². The van der Waals surface area contributed by atoms with Gasteiger partial charge in [0, 0.05) is 11.8 Å². The highest BCUT2D eigenvalue weighted by Gasteiger charge is 2.56. The molecule has 2 saturated carbocycles. The number of carbonyl (C=O) groups excluding carboxylic acids is 1. The molecule has 0 unspecified atom stereocenters. The molecule has 0 aromatic heterocycles. The third kappa shape index (κ3) is 0.692. The van der Waals surface area contributed by atoms with Gasteiger partial charge < -0.3 is 0 Å². The fourth-order valence-corrected chi connectivity index (χ4v) is 2.95. The molecule has 11 heavy (non-hydrogen) atoms. The second-order valence-electron chi connectivity index (χ2n) is 4.67. The summed E-state index contributed by atoms with van der Waals surface area (Å²) in [6.07, 6.45) is 5.66. The predicted octanol–water partition coefficient (Wildman–Crippen LogP) is 2.55. The smallest absolute Gasteiger partial charge is 0.139 e. The van der Waals surface area contributed by atoms with Gasteiger partial charge in [0.25, 0.3) is 0 Å². The first-order valence-electron chi connectivity index (χ1n) is 4.62. The van der Waals surface area contributed by atoms with Crippen LogP contribution in [0.1, 0.15) is 46.0 Å². The normalized spacial score (nSPS) is 49.8. The molecular formula is C10H16O. The molecule has 0 aromatic rings. The summed E-state index contributed by atoms with van der Waals surface area (Å²) in [7, 11) is 0. The molecule has 0 amide bonds. The van der Waals surface area contributed by atoms with E-state index in [1.165, 1.54) is 12.8 Å². The molecular weight excluding hydrogens is 136 g/mol. The van der Waals surface area contributed by atoms with Gasteiger partial charge in [0.15, 0.2) is 0 Å². The average molecular weight is 152 g/mol. The van der Waals surface area contributed by atoms with E-state index in [2.05, 4.69) is 13.8 Å². The van der Waals surface area contributed by atoms with Crippen molar-refractivity contribution in [2.45, 2.75) is 46.0 Å². The van der Waals surface area contributed by atoms with Crippen molar-refractivity contribution >= 4 is 5.78 Å². The molecule has 0 heterocycles. The Balaban J connectivity index is 2.41. The minimum absolute atomic E-state index is 0.0625. The molecule has 2 fully saturated rings. The van der Waals surface area contributed by atoms with Gasteiger partial charge in [-0.3, -0.25) is 4.79 Å². The lowest BCUT2D eigenvalue weighted by molar-refractivity contribution is -0.127.